The molecule has 0 saturated carbocycles. The first-order valence-corrected chi connectivity index (χ1v) is 6.73. The van der Waals surface area contributed by atoms with Crippen molar-refractivity contribution in [3.63, 3.8) is 0 Å². The molecule has 1 aromatic heterocycles. The lowest BCUT2D eigenvalue weighted by Gasteiger charge is -2.24. The SMILES string of the molecule is CC(C)CN(CC/C(N)=N/O)C(=O)c1ccoc1Br. The highest BCUT2D eigenvalue weighted by molar-refractivity contribution is 9.10. The lowest BCUT2D eigenvalue weighted by molar-refractivity contribution is 0.0738. The molecule has 0 aliphatic carbocycles. The van der Waals surface area contributed by atoms with E-state index in [1.165, 1.54) is 6.26 Å². The van der Waals surface area contributed by atoms with E-state index in [1.54, 1.807) is 11.0 Å². The Morgan fingerprint density at radius 1 is 1.63 bits per heavy atom. The van der Waals surface area contributed by atoms with Crippen LogP contribution in [0, 0.1) is 5.92 Å². The van der Waals surface area contributed by atoms with Gasteiger partial charge in [-0.25, -0.2) is 0 Å². The first kappa shape index (κ1) is 15.6. The summed E-state index contributed by atoms with van der Waals surface area (Å²) >= 11 is 3.19. The Labute approximate surface area is 120 Å². The fourth-order valence-electron chi connectivity index (χ4n) is 1.63. The van der Waals surface area contributed by atoms with E-state index in [-0.39, 0.29) is 11.7 Å². The Balaban J connectivity index is 2.79. The van der Waals surface area contributed by atoms with Crippen molar-refractivity contribution in [3.05, 3.63) is 22.6 Å². The third-order valence-electron chi connectivity index (χ3n) is 2.49. The van der Waals surface area contributed by atoms with Gasteiger partial charge < -0.3 is 20.3 Å². The number of hydrogen-bond acceptors (Lipinski definition) is 4. The number of halogens is 1. The zero-order valence-corrected chi connectivity index (χ0v) is 12.6. The predicted octanol–water partition coefficient (Wildman–Crippen LogP) is 2.28. The second-order valence-corrected chi connectivity index (χ2v) is 5.31. The smallest absolute Gasteiger partial charge is 0.258 e. The van der Waals surface area contributed by atoms with Crippen molar-refractivity contribution in [1.82, 2.24) is 4.90 Å². The number of carbonyl (C=O) groups is 1. The van der Waals surface area contributed by atoms with Gasteiger partial charge in [0.1, 0.15) is 5.84 Å². The number of amidine groups is 1. The fourth-order valence-corrected chi connectivity index (χ4v) is 2.04. The zero-order valence-electron chi connectivity index (χ0n) is 11.0. The molecule has 0 aliphatic heterocycles. The molecule has 0 fully saturated rings. The summed E-state index contributed by atoms with van der Waals surface area (Å²) in [6.45, 7) is 5.03. The second-order valence-electron chi connectivity index (χ2n) is 4.59. The van der Waals surface area contributed by atoms with Crippen LogP contribution in [-0.2, 0) is 0 Å². The standard InChI is InChI=1S/C12H18BrN3O3/c1-8(2)7-16(5-3-10(14)15-18)12(17)9-4-6-19-11(9)13/h4,6,8,18H,3,5,7H2,1-2H3,(H2,14,15). The van der Waals surface area contributed by atoms with E-state index < -0.39 is 0 Å². The summed E-state index contributed by atoms with van der Waals surface area (Å²) < 4.78 is 5.48. The number of furan rings is 1. The van der Waals surface area contributed by atoms with Gasteiger partial charge in [-0.05, 0) is 27.9 Å². The largest absolute Gasteiger partial charge is 0.457 e. The maximum absolute atomic E-state index is 12.4. The zero-order chi connectivity index (χ0) is 14.4. The molecular weight excluding hydrogens is 314 g/mol. The summed E-state index contributed by atoms with van der Waals surface area (Å²) in [6, 6.07) is 1.61. The Kier molecular flexibility index (Phi) is 5.88. The van der Waals surface area contributed by atoms with E-state index >= 15 is 0 Å². The van der Waals surface area contributed by atoms with E-state index in [0.29, 0.717) is 35.7 Å². The highest BCUT2D eigenvalue weighted by atomic mass is 79.9. The molecule has 1 heterocycles. The molecule has 106 valence electrons. The summed E-state index contributed by atoms with van der Waals surface area (Å²) in [4.78, 5) is 14.0. The first-order chi connectivity index (χ1) is 8.95. The van der Waals surface area contributed by atoms with Gasteiger partial charge in [0.25, 0.3) is 5.91 Å². The Morgan fingerprint density at radius 2 is 2.32 bits per heavy atom. The average Bonchev–Trinajstić information content (AvgIpc) is 2.78. The van der Waals surface area contributed by atoms with Gasteiger partial charge in [0.05, 0.1) is 11.8 Å². The molecule has 1 aromatic rings. The third-order valence-corrected chi connectivity index (χ3v) is 3.10. The Morgan fingerprint density at radius 3 is 2.79 bits per heavy atom. The predicted molar refractivity (Wildman–Crippen MR) is 75.2 cm³/mol. The summed E-state index contributed by atoms with van der Waals surface area (Å²) in [5.74, 6) is 0.287. The van der Waals surface area contributed by atoms with Crippen molar-refractivity contribution >= 4 is 27.7 Å². The Bertz CT molecular complexity index is 457. The monoisotopic (exact) mass is 331 g/mol. The van der Waals surface area contributed by atoms with Crippen molar-refractivity contribution in [2.75, 3.05) is 13.1 Å². The number of amides is 1. The van der Waals surface area contributed by atoms with Crippen LogP contribution in [0.1, 0.15) is 30.6 Å². The minimum Gasteiger partial charge on any atom is -0.457 e. The van der Waals surface area contributed by atoms with Crippen molar-refractivity contribution in [1.29, 1.82) is 0 Å². The van der Waals surface area contributed by atoms with Crippen LogP contribution in [0.5, 0.6) is 0 Å². The van der Waals surface area contributed by atoms with Crippen LogP contribution < -0.4 is 5.73 Å². The molecule has 0 radical (unpaired) electrons. The number of oxime groups is 1. The molecule has 1 rings (SSSR count). The van der Waals surface area contributed by atoms with Crippen LogP contribution in [-0.4, -0.2) is 34.9 Å². The topological polar surface area (TPSA) is 92.1 Å². The molecule has 0 unspecified atom stereocenters. The van der Waals surface area contributed by atoms with Crippen molar-refractivity contribution < 1.29 is 14.4 Å². The normalized spacial score (nSPS) is 11.9. The molecule has 0 spiro atoms. The highest BCUT2D eigenvalue weighted by Crippen LogP contribution is 2.20. The number of nitrogens with zero attached hydrogens (tertiary/aromatic N) is 2. The Hall–Kier alpha value is -1.50. The van der Waals surface area contributed by atoms with Crippen LogP contribution >= 0.6 is 15.9 Å². The molecule has 0 atom stereocenters. The molecule has 0 bridgehead atoms. The van der Waals surface area contributed by atoms with E-state index in [2.05, 4.69) is 21.1 Å². The molecule has 0 saturated heterocycles. The maximum Gasteiger partial charge on any atom is 0.258 e. The number of hydrogen-bond donors (Lipinski definition) is 2. The van der Waals surface area contributed by atoms with Gasteiger partial charge in [-0.2, -0.15) is 0 Å². The summed E-state index contributed by atoms with van der Waals surface area (Å²) in [5.41, 5.74) is 5.91. The van der Waals surface area contributed by atoms with Gasteiger partial charge in [0.2, 0.25) is 0 Å². The molecule has 0 aromatic carbocycles. The minimum atomic E-state index is -0.139. The minimum absolute atomic E-state index is 0.104. The molecule has 1 amide bonds. The van der Waals surface area contributed by atoms with Crippen molar-refractivity contribution in [2.45, 2.75) is 20.3 Å². The third kappa shape index (κ3) is 4.59. The number of nitrogens with two attached hydrogens (primary N) is 1. The molecule has 19 heavy (non-hydrogen) atoms. The average molecular weight is 332 g/mol. The fraction of sp³-hybridized carbons (Fsp3) is 0.500. The maximum atomic E-state index is 12.4. The first-order valence-electron chi connectivity index (χ1n) is 5.94. The van der Waals surface area contributed by atoms with E-state index in [9.17, 15) is 4.79 Å². The molecular formula is C12H18BrN3O3. The molecule has 3 N–H and O–H groups in total. The van der Waals surface area contributed by atoms with Gasteiger partial charge in [-0.1, -0.05) is 19.0 Å². The van der Waals surface area contributed by atoms with Gasteiger partial charge in [0.15, 0.2) is 4.67 Å². The van der Waals surface area contributed by atoms with E-state index in [4.69, 9.17) is 15.4 Å². The van der Waals surface area contributed by atoms with Gasteiger partial charge in [-0.15, -0.1) is 0 Å². The van der Waals surface area contributed by atoms with Gasteiger partial charge in [0, 0.05) is 19.5 Å². The summed E-state index contributed by atoms with van der Waals surface area (Å²) in [7, 11) is 0. The van der Waals surface area contributed by atoms with Crippen LogP contribution in [0.3, 0.4) is 0 Å². The van der Waals surface area contributed by atoms with Crippen LogP contribution in [0.2, 0.25) is 0 Å². The van der Waals surface area contributed by atoms with E-state index in [0.717, 1.165) is 0 Å². The van der Waals surface area contributed by atoms with Gasteiger partial charge in [-0.3, -0.25) is 4.79 Å². The van der Waals surface area contributed by atoms with Crippen LogP contribution in [0.15, 0.2) is 26.6 Å². The summed E-state index contributed by atoms with van der Waals surface area (Å²) in [5, 5.41) is 11.4. The molecule has 0 aliphatic rings. The molecule has 7 heteroatoms. The highest BCUT2D eigenvalue weighted by Gasteiger charge is 2.21. The quantitative estimate of drug-likeness (QED) is 0.362. The number of carbonyl (C=O) groups excluding carboxylic acids is 1. The van der Waals surface area contributed by atoms with Crippen LogP contribution in [0.25, 0.3) is 0 Å². The summed E-state index contributed by atoms with van der Waals surface area (Å²) in [6.07, 6.45) is 1.78. The lowest BCUT2D eigenvalue weighted by atomic mass is 10.1. The van der Waals surface area contributed by atoms with Gasteiger partial charge >= 0.3 is 0 Å². The second kappa shape index (κ2) is 7.18. The van der Waals surface area contributed by atoms with Crippen molar-refractivity contribution in [2.24, 2.45) is 16.8 Å². The van der Waals surface area contributed by atoms with Crippen LogP contribution in [0.4, 0.5) is 0 Å². The molecule has 6 nitrogen and oxygen atoms in total. The number of rotatable bonds is 6. The lowest BCUT2D eigenvalue weighted by Crippen LogP contribution is -2.36. The van der Waals surface area contributed by atoms with Crippen molar-refractivity contribution in [3.8, 4) is 0 Å². The van der Waals surface area contributed by atoms with E-state index in [1.807, 2.05) is 13.8 Å².